The van der Waals surface area contributed by atoms with Crippen LogP contribution in [0.3, 0.4) is 0 Å². The molecule has 4 aromatic rings. The molecule has 1 aliphatic heterocycles. The van der Waals surface area contributed by atoms with Gasteiger partial charge in [-0.05, 0) is 79.9 Å². The molecule has 1 aromatic heterocycles. The van der Waals surface area contributed by atoms with Crippen molar-refractivity contribution in [1.82, 2.24) is 15.3 Å². The fraction of sp³-hybridized carbons (Fsp3) is 0.200. The first kappa shape index (κ1) is 24.3. The number of nitrogens with one attached hydrogen (secondary N) is 1. The smallest absolute Gasteiger partial charge is 0.251 e. The van der Waals surface area contributed by atoms with Gasteiger partial charge in [-0.15, -0.1) is 0 Å². The molecule has 0 saturated heterocycles. The zero-order valence-electron chi connectivity index (χ0n) is 20.8. The van der Waals surface area contributed by atoms with Crippen LogP contribution in [-0.2, 0) is 0 Å². The van der Waals surface area contributed by atoms with Crippen molar-refractivity contribution < 1.29 is 13.9 Å². The molecule has 2 heterocycles. The summed E-state index contributed by atoms with van der Waals surface area (Å²) < 4.78 is 19.1. The van der Waals surface area contributed by atoms with Crippen LogP contribution in [0, 0.1) is 12.7 Å². The molecule has 3 aromatic carbocycles. The largest absolute Gasteiger partial charge is 0.497 e. The molecule has 0 spiro atoms. The Kier molecular flexibility index (Phi) is 7.03. The van der Waals surface area contributed by atoms with Crippen LogP contribution in [0.25, 0.3) is 33.5 Å². The third-order valence-electron chi connectivity index (χ3n) is 6.39. The van der Waals surface area contributed by atoms with E-state index in [2.05, 4.69) is 10.3 Å². The molecule has 7 heteroatoms. The van der Waals surface area contributed by atoms with Crippen LogP contribution in [0.5, 0.6) is 5.75 Å². The number of methoxy groups -OCH3 is 1. The van der Waals surface area contributed by atoms with Gasteiger partial charge in [0, 0.05) is 41.6 Å². The van der Waals surface area contributed by atoms with Gasteiger partial charge in [0.15, 0.2) is 0 Å². The van der Waals surface area contributed by atoms with Crippen LogP contribution < -0.4 is 10.1 Å². The van der Waals surface area contributed by atoms with Gasteiger partial charge in [-0.1, -0.05) is 12.1 Å². The maximum absolute atomic E-state index is 13.7. The third kappa shape index (κ3) is 5.40. The third-order valence-corrected chi connectivity index (χ3v) is 6.39. The number of fused-ring (bicyclic) bond motifs is 1. The summed E-state index contributed by atoms with van der Waals surface area (Å²) in [5, 5.41) is 2.99. The highest BCUT2D eigenvalue weighted by Crippen LogP contribution is 2.35. The van der Waals surface area contributed by atoms with E-state index in [0.29, 0.717) is 40.3 Å². The number of nitrogens with zero attached hydrogens (tertiary/aromatic N) is 3. The molecule has 0 unspecified atom stereocenters. The number of ether oxygens (including phenoxy) is 1. The molecule has 37 heavy (non-hydrogen) atoms. The summed E-state index contributed by atoms with van der Waals surface area (Å²) in [6, 6.07) is 17.3. The van der Waals surface area contributed by atoms with Gasteiger partial charge in [0.2, 0.25) is 0 Å². The van der Waals surface area contributed by atoms with E-state index in [-0.39, 0.29) is 11.7 Å². The maximum atomic E-state index is 13.7. The van der Waals surface area contributed by atoms with Crippen LogP contribution >= 0.6 is 0 Å². The Morgan fingerprint density at radius 2 is 1.81 bits per heavy atom. The first-order chi connectivity index (χ1) is 18.0. The Hall–Kier alpha value is -4.39. The molecule has 1 aliphatic rings. The lowest BCUT2D eigenvalue weighted by atomic mass is 9.99. The second kappa shape index (κ2) is 10.7. The SMILES string of the molecule is COc1ccc(C)c(-c2nc3cc(C(=O)NCCCC4=NC=CC4)ccc3nc2-c2ccc(F)cc2)c1. The molecular formula is C30H27FN4O2. The topological polar surface area (TPSA) is 76.5 Å². The predicted octanol–water partition coefficient (Wildman–Crippen LogP) is 6.29. The number of rotatable bonds is 8. The summed E-state index contributed by atoms with van der Waals surface area (Å²) in [7, 11) is 1.62. The van der Waals surface area contributed by atoms with Gasteiger partial charge in [-0.2, -0.15) is 0 Å². The molecule has 1 N–H and O–H groups in total. The monoisotopic (exact) mass is 494 g/mol. The summed E-state index contributed by atoms with van der Waals surface area (Å²) in [4.78, 5) is 27.0. The Balaban J connectivity index is 1.49. The summed E-state index contributed by atoms with van der Waals surface area (Å²) in [6.45, 7) is 2.56. The van der Waals surface area contributed by atoms with E-state index < -0.39 is 0 Å². The molecule has 5 rings (SSSR count). The van der Waals surface area contributed by atoms with Crippen molar-refractivity contribution in [3.05, 3.63) is 89.9 Å². The number of carbonyl (C=O) groups excluding carboxylic acids is 1. The van der Waals surface area contributed by atoms with Crippen molar-refractivity contribution in [2.45, 2.75) is 26.2 Å². The summed E-state index contributed by atoms with van der Waals surface area (Å²) >= 11 is 0. The lowest BCUT2D eigenvalue weighted by Gasteiger charge is -2.14. The van der Waals surface area contributed by atoms with E-state index in [0.717, 1.165) is 41.7 Å². The second-order valence-corrected chi connectivity index (χ2v) is 8.96. The minimum atomic E-state index is -0.319. The van der Waals surface area contributed by atoms with Gasteiger partial charge >= 0.3 is 0 Å². The number of amides is 1. The fourth-order valence-corrected chi connectivity index (χ4v) is 4.34. The van der Waals surface area contributed by atoms with Crippen LogP contribution in [-0.4, -0.2) is 35.2 Å². The highest BCUT2D eigenvalue weighted by atomic mass is 19.1. The van der Waals surface area contributed by atoms with Gasteiger partial charge in [-0.25, -0.2) is 14.4 Å². The Labute approximate surface area is 215 Å². The Morgan fingerprint density at radius 1 is 1.00 bits per heavy atom. The molecule has 0 radical (unpaired) electrons. The number of halogens is 1. The molecular weight excluding hydrogens is 467 g/mol. The summed E-state index contributed by atoms with van der Waals surface area (Å²) in [5.41, 5.74) is 6.77. The normalized spacial score (nSPS) is 12.6. The number of benzene rings is 3. The van der Waals surface area contributed by atoms with Crippen molar-refractivity contribution >= 4 is 22.7 Å². The number of hydrogen-bond acceptors (Lipinski definition) is 5. The van der Waals surface area contributed by atoms with Crippen LogP contribution in [0.1, 0.15) is 35.2 Å². The zero-order chi connectivity index (χ0) is 25.8. The molecule has 6 nitrogen and oxygen atoms in total. The number of allylic oxidation sites excluding steroid dienone is 1. The number of aliphatic imine (C=N–C) groups is 1. The maximum Gasteiger partial charge on any atom is 0.251 e. The highest BCUT2D eigenvalue weighted by Gasteiger charge is 2.17. The van der Waals surface area contributed by atoms with E-state index >= 15 is 0 Å². The molecule has 0 aliphatic carbocycles. The van der Waals surface area contributed by atoms with Gasteiger partial charge in [0.1, 0.15) is 11.6 Å². The number of hydrogen-bond donors (Lipinski definition) is 1. The first-order valence-corrected chi connectivity index (χ1v) is 12.2. The predicted molar refractivity (Wildman–Crippen MR) is 144 cm³/mol. The lowest BCUT2D eigenvalue weighted by molar-refractivity contribution is 0.0953. The van der Waals surface area contributed by atoms with Gasteiger partial charge in [0.25, 0.3) is 5.91 Å². The van der Waals surface area contributed by atoms with E-state index in [4.69, 9.17) is 14.7 Å². The summed E-state index contributed by atoms with van der Waals surface area (Å²) in [6.07, 6.45) is 6.46. The van der Waals surface area contributed by atoms with Crippen molar-refractivity contribution in [3.8, 4) is 28.3 Å². The van der Waals surface area contributed by atoms with E-state index in [1.807, 2.05) is 37.4 Å². The molecule has 0 atom stereocenters. The lowest BCUT2D eigenvalue weighted by Crippen LogP contribution is -2.24. The average Bonchev–Trinajstić information content (AvgIpc) is 3.44. The minimum absolute atomic E-state index is 0.156. The van der Waals surface area contributed by atoms with E-state index in [1.165, 1.54) is 12.1 Å². The fourth-order valence-electron chi connectivity index (χ4n) is 4.34. The second-order valence-electron chi connectivity index (χ2n) is 8.96. The minimum Gasteiger partial charge on any atom is -0.497 e. The van der Waals surface area contributed by atoms with Crippen molar-refractivity contribution in [2.75, 3.05) is 13.7 Å². The molecule has 0 bridgehead atoms. The Bertz CT molecular complexity index is 1530. The van der Waals surface area contributed by atoms with E-state index in [1.54, 1.807) is 37.4 Å². The van der Waals surface area contributed by atoms with Gasteiger partial charge in [-0.3, -0.25) is 9.79 Å². The number of aryl methyl sites for hydroxylation is 1. The highest BCUT2D eigenvalue weighted by molar-refractivity contribution is 5.98. The van der Waals surface area contributed by atoms with Crippen LogP contribution in [0.2, 0.25) is 0 Å². The average molecular weight is 495 g/mol. The molecule has 0 fully saturated rings. The van der Waals surface area contributed by atoms with Gasteiger partial charge < -0.3 is 10.1 Å². The van der Waals surface area contributed by atoms with Crippen LogP contribution in [0.15, 0.2) is 77.9 Å². The molecule has 186 valence electrons. The molecule has 0 saturated carbocycles. The number of aromatic nitrogens is 2. The van der Waals surface area contributed by atoms with Crippen molar-refractivity contribution in [2.24, 2.45) is 4.99 Å². The quantitative estimate of drug-likeness (QED) is 0.292. The van der Waals surface area contributed by atoms with Crippen LogP contribution in [0.4, 0.5) is 4.39 Å². The first-order valence-electron chi connectivity index (χ1n) is 12.2. The van der Waals surface area contributed by atoms with E-state index in [9.17, 15) is 9.18 Å². The standard InChI is InChI=1S/C30H27FN4O2/c1-19-7-13-24(37-2)18-25(19)29-28(20-8-11-22(31)12-9-20)34-26-14-10-21(17-27(26)35-29)30(36)33-16-4-6-23-5-3-15-32-23/h3,7-15,17-18H,4-6,16H2,1-2H3,(H,33,36). The van der Waals surface area contributed by atoms with Crippen molar-refractivity contribution in [3.63, 3.8) is 0 Å². The number of carbonyl (C=O) groups is 1. The Morgan fingerprint density at radius 3 is 2.57 bits per heavy atom. The summed E-state index contributed by atoms with van der Waals surface area (Å²) in [5.74, 6) is 0.220. The molecule has 1 amide bonds. The zero-order valence-corrected chi connectivity index (χ0v) is 20.8. The van der Waals surface area contributed by atoms with Crippen molar-refractivity contribution in [1.29, 1.82) is 0 Å². The van der Waals surface area contributed by atoms with Gasteiger partial charge in [0.05, 0.1) is 29.5 Å².